The molecular weight excluding hydrogens is 356 g/mol. The van der Waals surface area contributed by atoms with Crippen molar-refractivity contribution in [2.24, 2.45) is 0 Å². The quantitative estimate of drug-likeness (QED) is 0.377. The zero-order valence-electron chi connectivity index (χ0n) is 13.9. The molecule has 132 valence electrons. The number of hydrogen-bond acceptors (Lipinski definition) is 5. The van der Waals surface area contributed by atoms with Crippen molar-refractivity contribution in [3.63, 3.8) is 0 Å². The number of fused-ring (bicyclic) bond motifs is 1. The van der Waals surface area contributed by atoms with Crippen molar-refractivity contribution in [2.75, 3.05) is 13.7 Å². The van der Waals surface area contributed by atoms with E-state index >= 15 is 0 Å². The lowest BCUT2D eigenvalue weighted by Gasteiger charge is -2.07. The number of aromatic nitrogens is 2. The van der Waals surface area contributed by atoms with Gasteiger partial charge < -0.3 is 9.47 Å². The van der Waals surface area contributed by atoms with E-state index in [0.29, 0.717) is 22.7 Å². The summed E-state index contributed by atoms with van der Waals surface area (Å²) in [5.41, 5.74) is 1.57. The van der Waals surface area contributed by atoms with Gasteiger partial charge in [-0.25, -0.2) is 9.78 Å². The summed E-state index contributed by atoms with van der Waals surface area (Å²) in [5, 5.41) is 0.269. The van der Waals surface area contributed by atoms with Crippen LogP contribution in [0, 0.1) is 0 Å². The minimum absolute atomic E-state index is 0.269. The van der Waals surface area contributed by atoms with Crippen LogP contribution >= 0.6 is 11.6 Å². The number of nitrogens with zero attached hydrogens (tertiary/aromatic N) is 2. The van der Waals surface area contributed by atoms with Gasteiger partial charge in [0.2, 0.25) is 5.78 Å². The molecule has 0 aliphatic rings. The number of Topliss-reactive ketones (excluding diaryl/α,β-unsaturated/α-hetero) is 1. The number of carbonyl (C=O) groups excluding carboxylic acids is 2. The molecule has 0 bridgehead atoms. The Labute approximate surface area is 154 Å². The van der Waals surface area contributed by atoms with Gasteiger partial charge in [-0.15, -0.1) is 0 Å². The lowest BCUT2D eigenvalue weighted by atomic mass is 10.1. The van der Waals surface area contributed by atoms with E-state index in [-0.39, 0.29) is 17.5 Å². The van der Waals surface area contributed by atoms with Crippen LogP contribution < -0.4 is 4.74 Å². The molecule has 0 amide bonds. The fraction of sp³-hybridized carbons (Fsp3) is 0.105. The van der Waals surface area contributed by atoms with E-state index in [9.17, 15) is 9.59 Å². The van der Waals surface area contributed by atoms with Crippen molar-refractivity contribution in [1.29, 1.82) is 0 Å². The average Bonchev–Trinajstić information content (AvgIpc) is 2.99. The third-order valence-electron chi connectivity index (χ3n) is 3.65. The Bertz CT molecular complexity index is 994. The van der Waals surface area contributed by atoms with Gasteiger partial charge in [0.15, 0.2) is 11.8 Å². The molecule has 0 saturated carbocycles. The van der Waals surface area contributed by atoms with Crippen molar-refractivity contribution in [1.82, 2.24) is 9.38 Å². The molecule has 0 aliphatic heterocycles. The highest BCUT2D eigenvalue weighted by Crippen LogP contribution is 2.19. The number of benzene rings is 1. The number of rotatable bonds is 6. The Kier molecular flexibility index (Phi) is 5.34. The van der Waals surface area contributed by atoms with Crippen LogP contribution in [0.4, 0.5) is 0 Å². The van der Waals surface area contributed by atoms with Crippen LogP contribution in [0.1, 0.15) is 16.1 Å². The summed E-state index contributed by atoms with van der Waals surface area (Å²) in [4.78, 5) is 28.3. The van der Waals surface area contributed by atoms with Gasteiger partial charge in [0.1, 0.15) is 11.4 Å². The predicted molar refractivity (Wildman–Crippen MR) is 97.5 cm³/mol. The monoisotopic (exact) mass is 370 g/mol. The summed E-state index contributed by atoms with van der Waals surface area (Å²) in [6.07, 6.45) is 4.49. The smallest absolute Gasteiger partial charge is 0.331 e. The molecule has 0 radical (unpaired) electrons. The van der Waals surface area contributed by atoms with Gasteiger partial charge >= 0.3 is 5.97 Å². The van der Waals surface area contributed by atoms with Gasteiger partial charge in [0.25, 0.3) is 0 Å². The fourth-order valence-electron chi connectivity index (χ4n) is 2.42. The summed E-state index contributed by atoms with van der Waals surface area (Å²) < 4.78 is 11.9. The maximum Gasteiger partial charge on any atom is 0.331 e. The fourth-order valence-corrected chi connectivity index (χ4v) is 2.66. The Hall–Kier alpha value is -3.12. The maximum absolute atomic E-state index is 12.2. The molecule has 0 saturated heterocycles. The molecule has 3 rings (SSSR count). The maximum atomic E-state index is 12.2. The van der Waals surface area contributed by atoms with Crippen molar-refractivity contribution in [3.8, 4) is 5.75 Å². The number of carbonyl (C=O) groups is 2. The molecule has 0 fully saturated rings. The van der Waals surface area contributed by atoms with Crippen LogP contribution in [0.25, 0.3) is 11.7 Å². The standard InChI is InChI=1S/C19H15ClN2O4/c1-25-16-7-3-2-6-13(16)15(23)12-26-18(24)10-9-14-19(20)21-17-8-4-5-11-22(14)17/h2-11H,12H2,1H3/b10-9+. The number of imidazole rings is 1. The number of esters is 1. The van der Waals surface area contributed by atoms with Crippen LogP contribution in [0.15, 0.2) is 54.7 Å². The normalized spacial score (nSPS) is 11.0. The molecular formula is C19H15ClN2O4. The highest BCUT2D eigenvalue weighted by molar-refractivity contribution is 6.31. The number of pyridine rings is 1. The average molecular weight is 371 g/mol. The number of methoxy groups -OCH3 is 1. The van der Waals surface area contributed by atoms with E-state index in [4.69, 9.17) is 21.1 Å². The number of ketones is 1. The second kappa shape index (κ2) is 7.84. The molecule has 0 atom stereocenters. The highest BCUT2D eigenvalue weighted by Gasteiger charge is 2.13. The lowest BCUT2D eigenvalue weighted by Crippen LogP contribution is -2.13. The molecule has 7 heteroatoms. The van der Waals surface area contributed by atoms with E-state index in [2.05, 4.69) is 4.98 Å². The van der Waals surface area contributed by atoms with Crippen LogP contribution in [0.3, 0.4) is 0 Å². The van der Waals surface area contributed by atoms with Crippen molar-refractivity contribution < 1.29 is 19.1 Å². The molecule has 3 aromatic rings. The van der Waals surface area contributed by atoms with E-state index in [1.165, 1.54) is 19.3 Å². The zero-order chi connectivity index (χ0) is 18.5. The van der Waals surface area contributed by atoms with Crippen LogP contribution in [0.5, 0.6) is 5.75 Å². The Morgan fingerprint density at radius 1 is 1.19 bits per heavy atom. The third kappa shape index (κ3) is 3.75. The van der Waals surface area contributed by atoms with Crippen molar-refractivity contribution in [3.05, 3.63) is 71.1 Å². The number of para-hydroxylation sites is 1. The molecule has 1 aromatic carbocycles. The Morgan fingerprint density at radius 2 is 1.96 bits per heavy atom. The number of ether oxygens (including phenoxy) is 2. The second-order valence-corrected chi connectivity index (χ2v) is 5.64. The second-order valence-electron chi connectivity index (χ2n) is 5.28. The van der Waals surface area contributed by atoms with Gasteiger partial charge in [0.05, 0.1) is 18.4 Å². The topological polar surface area (TPSA) is 69.9 Å². The van der Waals surface area contributed by atoms with Gasteiger partial charge in [-0.1, -0.05) is 29.8 Å². The third-order valence-corrected chi connectivity index (χ3v) is 3.93. The van der Waals surface area contributed by atoms with E-state index in [0.717, 1.165) is 0 Å². The van der Waals surface area contributed by atoms with Crippen LogP contribution in [-0.2, 0) is 9.53 Å². The predicted octanol–water partition coefficient (Wildman–Crippen LogP) is 3.44. The Morgan fingerprint density at radius 3 is 2.77 bits per heavy atom. The minimum Gasteiger partial charge on any atom is -0.496 e. The number of hydrogen-bond donors (Lipinski definition) is 0. The van der Waals surface area contributed by atoms with E-state index in [1.807, 2.05) is 12.1 Å². The van der Waals surface area contributed by atoms with Gasteiger partial charge in [-0.3, -0.25) is 9.20 Å². The van der Waals surface area contributed by atoms with E-state index < -0.39 is 5.97 Å². The Balaban J connectivity index is 1.66. The molecule has 2 aromatic heterocycles. The molecule has 6 nitrogen and oxygen atoms in total. The summed E-state index contributed by atoms with van der Waals surface area (Å²) in [6, 6.07) is 12.2. The lowest BCUT2D eigenvalue weighted by molar-refractivity contribution is -0.136. The van der Waals surface area contributed by atoms with Crippen molar-refractivity contribution in [2.45, 2.75) is 0 Å². The summed E-state index contributed by atoms with van der Waals surface area (Å²) in [7, 11) is 1.47. The molecule has 0 aliphatic carbocycles. The van der Waals surface area contributed by atoms with Gasteiger partial charge in [-0.2, -0.15) is 0 Å². The largest absolute Gasteiger partial charge is 0.496 e. The molecule has 26 heavy (non-hydrogen) atoms. The van der Waals surface area contributed by atoms with Crippen LogP contribution in [-0.4, -0.2) is 34.9 Å². The van der Waals surface area contributed by atoms with Gasteiger partial charge in [-0.05, 0) is 30.3 Å². The molecule has 0 N–H and O–H groups in total. The minimum atomic E-state index is -0.657. The van der Waals surface area contributed by atoms with E-state index in [1.54, 1.807) is 40.9 Å². The molecule has 0 unspecified atom stereocenters. The molecule has 0 spiro atoms. The SMILES string of the molecule is COc1ccccc1C(=O)COC(=O)/C=C/c1c(Cl)nc2ccccn12. The summed E-state index contributed by atoms with van der Waals surface area (Å²) >= 11 is 6.09. The summed E-state index contributed by atoms with van der Waals surface area (Å²) in [5.74, 6) is -0.575. The first-order valence-corrected chi connectivity index (χ1v) is 8.11. The first kappa shape index (κ1) is 17.7. The zero-order valence-corrected chi connectivity index (χ0v) is 14.6. The highest BCUT2D eigenvalue weighted by atomic mass is 35.5. The first-order chi connectivity index (χ1) is 12.6. The molecule has 2 heterocycles. The van der Waals surface area contributed by atoms with Crippen molar-refractivity contribution >= 4 is 35.1 Å². The number of halogens is 1. The first-order valence-electron chi connectivity index (χ1n) is 7.74. The van der Waals surface area contributed by atoms with Gasteiger partial charge in [0, 0.05) is 12.3 Å². The van der Waals surface area contributed by atoms with Crippen LogP contribution in [0.2, 0.25) is 5.15 Å². The summed E-state index contributed by atoms with van der Waals surface area (Å²) in [6.45, 7) is -0.384.